The van der Waals surface area contributed by atoms with Gasteiger partial charge in [0, 0.05) is 5.56 Å². The lowest BCUT2D eigenvalue weighted by Gasteiger charge is -2.14. The molecule has 0 atom stereocenters. The Bertz CT molecular complexity index is 684. The van der Waals surface area contributed by atoms with E-state index in [0.717, 1.165) is 13.2 Å². The van der Waals surface area contributed by atoms with Gasteiger partial charge in [0.1, 0.15) is 5.69 Å². The number of nitrogens with two attached hydrogens (primary N) is 1. The van der Waals surface area contributed by atoms with Gasteiger partial charge in [-0.2, -0.15) is 13.2 Å². The number of benzene rings is 1. The summed E-state index contributed by atoms with van der Waals surface area (Å²) in [6, 6.07) is 7.51. The van der Waals surface area contributed by atoms with Crippen LogP contribution >= 0.6 is 0 Å². The third-order valence-electron chi connectivity index (χ3n) is 2.81. The number of alkyl halides is 3. The zero-order chi connectivity index (χ0) is 15.6. The zero-order valence-electron chi connectivity index (χ0n) is 10.9. The van der Waals surface area contributed by atoms with E-state index < -0.39 is 17.7 Å². The Morgan fingerprint density at radius 2 is 1.86 bits per heavy atom. The molecule has 2 aromatic rings. The van der Waals surface area contributed by atoms with E-state index in [4.69, 9.17) is 5.73 Å². The summed E-state index contributed by atoms with van der Waals surface area (Å²) >= 11 is 0. The van der Waals surface area contributed by atoms with Crippen molar-refractivity contribution in [2.24, 2.45) is 0 Å². The van der Waals surface area contributed by atoms with Crippen LogP contribution in [-0.4, -0.2) is 18.1 Å². The number of aromatic nitrogens is 1. The van der Waals surface area contributed by atoms with Crippen LogP contribution in [0.2, 0.25) is 0 Å². The lowest BCUT2D eigenvalue weighted by Crippen LogP contribution is -2.10. The number of nitrogens with zero attached hydrogens (tertiary/aromatic N) is 1. The van der Waals surface area contributed by atoms with Crippen LogP contribution in [0, 0.1) is 0 Å². The molecule has 0 bridgehead atoms. The largest absolute Gasteiger partial charge is 0.464 e. The van der Waals surface area contributed by atoms with Crippen LogP contribution in [0.25, 0.3) is 11.3 Å². The first kappa shape index (κ1) is 14.8. The first-order chi connectivity index (χ1) is 9.84. The van der Waals surface area contributed by atoms with Gasteiger partial charge in [-0.1, -0.05) is 18.2 Å². The van der Waals surface area contributed by atoms with Gasteiger partial charge < -0.3 is 10.5 Å². The van der Waals surface area contributed by atoms with E-state index >= 15 is 0 Å². The standard InChI is InChI=1S/C14H11F3N2O2/c1-21-13(20)11-7-6-10(18)12(19-11)8-4-2-3-5-9(8)14(15,16)17/h2-7H,18H2,1H3. The van der Waals surface area contributed by atoms with Gasteiger partial charge in [0.05, 0.1) is 24.1 Å². The Balaban J connectivity index is 2.65. The van der Waals surface area contributed by atoms with Crippen molar-refractivity contribution in [1.29, 1.82) is 0 Å². The fourth-order valence-corrected chi connectivity index (χ4v) is 1.84. The third kappa shape index (κ3) is 2.96. The van der Waals surface area contributed by atoms with Crippen molar-refractivity contribution >= 4 is 11.7 Å². The highest BCUT2D eigenvalue weighted by Crippen LogP contribution is 2.37. The Morgan fingerprint density at radius 1 is 1.19 bits per heavy atom. The molecule has 0 saturated heterocycles. The molecule has 4 nitrogen and oxygen atoms in total. The van der Waals surface area contributed by atoms with Crippen LogP contribution < -0.4 is 5.73 Å². The molecule has 0 amide bonds. The minimum atomic E-state index is -4.55. The molecule has 1 heterocycles. The summed E-state index contributed by atoms with van der Waals surface area (Å²) in [6.07, 6.45) is -4.55. The number of hydrogen-bond donors (Lipinski definition) is 1. The quantitative estimate of drug-likeness (QED) is 0.865. The summed E-state index contributed by atoms with van der Waals surface area (Å²) in [5.41, 5.74) is 4.46. The SMILES string of the molecule is COC(=O)c1ccc(N)c(-c2ccccc2C(F)(F)F)n1. The summed E-state index contributed by atoms with van der Waals surface area (Å²) < 4.78 is 43.6. The first-order valence-corrected chi connectivity index (χ1v) is 5.86. The summed E-state index contributed by atoms with van der Waals surface area (Å²) in [5.74, 6) is -0.749. The van der Waals surface area contributed by atoms with E-state index in [2.05, 4.69) is 9.72 Å². The van der Waals surface area contributed by atoms with E-state index in [0.29, 0.717) is 0 Å². The van der Waals surface area contributed by atoms with E-state index in [1.807, 2.05) is 0 Å². The molecule has 0 radical (unpaired) electrons. The number of methoxy groups -OCH3 is 1. The van der Waals surface area contributed by atoms with Crippen LogP contribution in [0.5, 0.6) is 0 Å². The molecule has 1 aromatic carbocycles. The van der Waals surface area contributed by atoms with Crippen LogP contribution in [0.15, 0.2) is 36.4 Å². The number of esters is 1. The van der Waals surface area contributed by atoms with Gasteiger partial charge in [-0.25, -0.2) is 9.78 Å². The highest BCUT2D eigenvalue weighted by Gasteiger charge is 2.34. The molecule has 1 aromatic heterocycles. The summed E-state index contributed by atoms with van der Waals surface area (Å²) in [6.45, 7) is 0. The van der Waals surface area contributed by atoms with Crippen molar-refractivity contribution < 1.29 is 22.7 Å². The topological polar surface area (TPSA) is 65.2 Å². The Hall–Kier alpha value is -2.57. The average molecular weight is 296 g/mol. The highest BCUT2D eigenvalue weighted by molar-refractivity contribution is 5.89. The fourth-order valence-electron chi connectivity index (χ4n) is 1.84. The number of hydrogen-bond acceptors (Lipinski definition) is 4. The molecular weight excluding hydrogens is 285 g/mol. The van der Waals surface area contributed by atoms with Crippen molar-refractivity contribution in [2.45, 2.75) is 6.18 Å². The van der Waals surface area contributed by atoms with Gasteiger partial charge in [0.2, 0.25) is 0 Å². The molecule has 110 valence electrons. The number of nitrogen functional groups attached to an aromatic ring is 1. The lowest BCUT2D eigenvalue weighted by molar-refractivity contribution is -0.137. The smallest absolute Gasteiger partial charge is 0.417 e. The molecule has 0 saturated carbocycles. The highest BCUT2D eigenvalue weighted by atomic mass is 19.4. The first-order valence-electron chi connectivity index (χ1n) is 5.86. The molecule has 0 unspecified atom stereocenters. The molecule has 2 N–H and O–H groups in total. The molecule has 0 fully saturated rings. The second-order valence-corrected chi connectivity index (χ2v) is 4.17. The Labute approximate surface area is 118 Å². The maximum Gasteiger partial charge on any atom is 0.417 e. The van der Waals surface area contributed by atoms with Gasteiger partial charge in [-0.3, -0.25) is 0 Å². The van der Waals surface area contributed by atoms with Gasteiger partial charge in [0.25, 0.3) is 0 Å². The van der Waals surface area contributed by atoms with Crippen molar-refractivity contribution in [3.8, 4) is 11.3 Å². The molecule has 2 rings (SSSR count). The van der Waals surface area contributed by atoms with Gasteiger partial charge in [-0.15, -0.1) is 0 Å². The van der Waals surface area contributed by atoms with Crippen molar-refractivity contribution in [3.05, 3.63) is 47.7 Å². The minimum Gasteiger partial charge on any atom is -0.464 e. The van der Waals surface area contributed by atoms with Crippen LogP contribution in [0.4, 0.5) is 18.9 Å². The van der Waals surface area contributed by atoms with E-state index in [-0.39, 0.29) is 22.6 Å². The summed E-state index contributed by atoms with van der Waals surface area (Å²) in [4.78, 5) is 15.3. The van der Waals surface area contributed by atoms with Crippen molar-refractivity contribution in [3.63, 3.8) is 0 Å². The third-order valence-corrected chi connectivity index (χ3v) is 2.81. The average Bonchev–Trinajstić information content (AvgIpc) is 2.46. The predicted molar refractivity (Wildman–Crippen MR) is 70.4 cm³/mol. The lowest BCUT2D eigenvalue weighted by atomic mass is 10.0. The number of rotatable bonds is 2. The molecule has 7 heteroatoms. The van der Waals surface area contributed by atoms with Crippen molar-refractivity contribution in [1.82, 2.24) is 4.98 Å². The number of pyridine rings is 1. The molecule has 21 heavy (non-hydrogen) atoms. The molecule has 0 aliphatic carbocycles. The number of halogens is 3. The second-order valence-electron chi connectivity index (χ2n) is 4.17. The van der Waals surface area contributed by atoms with E-state index in [1.54, 1.807) is 0 Å². The fraction of sp³-hybridized carbons (Fsp3) is 0.143. The summed E-state index contributed by atoms with van der Waals surface area (Å²) in [7, 11) is 1.16. The van der Waals surface area contributed by atoms with E-state index in [1.165, 1.54) is 30.3 Å². The second kappa shape index (κ2) is 5.43. The number of anilines is 1. The Morgan fingerprint density at radius 3 is 2.48 bits per heavy atom. The molecule has 0 aliphatic heterocycles. The van der Waals surface area contributed by atoms with Crippen molar-refractivity contribution in [2.75, 3.05) is 12.8 Å². The predicted octanol–water partition coefficient (Wildman–Crippen LogP) is 3.14. The minimum absolute atomic E-state index is 0.0411. The van der Waals surface area contributed by atoms with Gasteiger partial charge in [-0.05, 0) is 18.2 Å². The number of carbonyl (C=O) groups excluding carboxylic acids is 1. The maximum absolute atomic E-state index is 13.0. The zero-order valence-corrected chi connectivity index (χ0v) is 10.9. The van der Waals surface area contributed by atoms with Crippen LogP contribution in [0.3, 0.4) is 0 Å². The van der Waals surface area contributed by atoms with Crippen LogP contribution in [-0.2, 0) is 10.9 Å². The van der Waals surface area contributed by atoms with Gasteiger partial charge >= 0.3 is 12.1 Å². The van der Waals surface area contributed by atoms with E-state index in [9.17, 15) is 18.0 Å². The maximum atomic E-state index is 13.0. The monoisotopic (exact) mass is 296 g/mol. The normalized spacial score (nSPS) is 11.2. The summed E-state index contributed by atoms with van der Waals surface area (Å²) in [5, 5.41) is 0. The molecule has 0 aliphatic rings. The molecular formula is C14H11F3N2O2. The number of carbonyl (C=O) groups is 1. The van der Waals surface area contributed by atoms with Crippen LogP contribution in [0.1, 0.15) is 16.1 Å². The Kier molecular flexibility index (Phi) is 3.84. The molecule has 0 spiro atoms. The van der Waals surface area contributed by atoms with Gasteiger partial charge in [0.15, 0.2) is 0 Å². The number of ether oxygens (including phenoxy) is 1.